The van der Waals surface area contributed by atoms with E-state index in [1.54, 1.807) is 12.1 Å². The van der Waals surface area contributed by atoms with Crippen LogP contribution in [0.3, 0.4) is 0 Å². The number of nitrogens with zero attached hydrogens (tertiary/aromatic N) is 1. The van der Waals surface area contributed by atoms with Crippen LogP contribution in [0.25, 0.3) is 0 Å². The summed E-state index contributed by atoms with van der Waals surface area (Å²) < 4.78 is 108. The van der Waals surface area contributed by atoms with Gasteiger partial charge >= 0.3 is 6.18 Å². The Morgan fingerprint density at radius 1 is 0.951 bits per heavy atom. The molecule has 41 heavy (non-hydrogen) atoms. The molecular formula is C30H27F6NO3S. The Morgan fingerprint density at radius 3 is 2.17 bits per heavy atom. The summed E-state index contributed by atoms with van der Waals surface area (Å²) in [6.07, 6.45) is -3.87. The quantitative estimate of drug-likeness (QED) is 0.252. The van der Waals surface area contributed by atoms with Gasteiger partial charge in [0.25, 0.3) is 0 Å². The Kier molecular flexibility index (Phi) is 7.24. The van der Waals surface area contributed by atoms with Crippen molar-refractivity contribution < 1.29 is 39.6 Å². The van der Waals surface area contributed by atoms with Crippen molar-refractivity contribution in [2.24, 2.45) is 0 Å². The molecule has 1 aliphatic heterocycles. The van der Waals surface area contributed by atoms with Crippen LogP contribution in [-0.4, -0.2) is 43.7 Å². The molecule has 2 aliphatic rings. The Labute approximate surface area is 233 Å². The van der Waals surface area contributed by atoms with Crippen LogP contribution in [0.1, 0.15) is 42.0 Å². The molecule has 1 heterocycles. The van der Waals surface area contributed by atoms with E-state index < -0.39 is 62.0 Å². The zero-order valence-corrected chi connectivity index (χ0v) is 22.8. The number of halogens is 6. The lowest BCUT2D eigenvalue weighted by Gasteiger charge is -2.44. The van der Waals surface area contributed by atoms with Crippen LogP contribution >= 0.6 is 0 Å². The first-order valence-corrected chi connectivity index (χ1v) is 14.7. The Morgan fingerprint density at radius 2 is 1.56 bits per heavy atom. The van der Waals surface area contributed by atoms with Crippen molar-refractivity contribution >= 4 is 15.7 Å². The van der Waals surface area contributed by atoms with E-state index in [2.05, 4.69) is 0 Å². The van der Waals surface area contributed by atoms with Gasteiger partial charge in [0.15, 0.2) is 9.84 Å². The number of benzene rings is 3. The molecule has 0 aromatic heterocycles. The van der Waals surface area contributed by atoms with E-state index in [1.165, 1.54) is 29.2 Å². The monoisotopic (exact) mass is 595 g/mol. The van der Waals surface area contributed by atoms with Crippen LogP contribution in [0.5, 0.6) is 0 Å². The van der Waals surface area contributed by atoms with E-state index in [4.69, 9.17) is 0 Å². The van der Waals surface area contributed by atoms with Gasteiger partial charge in [-0.15, -0.1) is 0 Å². The van der Waals surface area contributed by atoms with E-state index in [-0.39, 0.29) is 17.9 Å². The van der Waals surface area contributed by atoms with E-state index in [1.807, 2.05) is 0 Å². The number of rotatable bonds is 6. The van der Waals surface area contributed by atoms with Crippen LogP contribution in [0.4, 0.5) is 26.3 Å². The molecular weight excluding hydrogens is 568 g/mol. The lowest BCUT2D eigenvalue weighted by Crippen LogP contribution is -2.50. The lowest BCUT2D eigenvalue weighted by molar-refractivity contribution is -0.228. The number of fused-ring (bicyclic) bond motifs is 3. The van der Waals surface area contributed by atoms with Gasteiger partial charge in [-0.3, -0.25) is 4.79 Å². The third-order valence-electron chi connectivity index (χ3n) is 8.46. The molecule has 4 nitrogen and oxygen atoms in total. The molecule has 0 spiro atoms. The standard InChI is InChI=1S/C30H27F6NO3S/c1-28(33,30(34,35)36)21-5-12-25-20(16-21)4-13-26-29(25,17-19-2-6-22(31)7-3-19)14-15-37(26)27(38)18-41(39,40)24-10-8-23(32)9-11-24/h2-3,5-12,16,26H,4,13-15,17-18H2,1H3/t26-,28?,29-/m1/s1. The van der Waals surface area contributed by atoms with Crippen LogP contribution < -0.4 is 0 Å². The smallest absolute Gasteiger partial charge is 0.338 e. The number of sulfone groups is 1. The predicted octanol–water partition coefficient (Wildman–Crippen LogP) is 6.21. The molecule has 0 radical (unpaired) electrons. The fourth-order valence-electron chi connectivity index (χ4n) is 6.26. The number of amides is 1. The van der Waals surface area contributed by atoms with Gasteiger partial charge in [-0.2, -0.15) is 13.2 Å². The molecule has 5 rings (SSSR count). The second kappa shape index (κ2) is 10.2. The molecule has 218 valence electrons. The molecule has 1 unspecified atom stereocenters. The number of aryl methyl sites for hydroxylation is 1. The maximum atomic E-state index is 14.8. The summed E-state index contributed by atoms with van der Waals surface area (Å²) >= 11 is 0. The van der Waals surface area contributed by atoms with Crippen molar-refractivity contribution in [2.75, 3.05) is 12.3 Å². The van der Waals surface area contributed by atoms with Crippen molar-refractivity contribution in [3.8, 4) is 0 Å². The highest BCUT2D eigenvalue weighted by Gasteiger charge is 2.55. The van der Waals surface area contributed by atoms with Gasteiger partial charge in [0.05, 0.1) is 4.90 Å². The van der Waals surface area contributed by atoms with E-state index in [9.17, 15) is 39.6 Å². The first kappa shape index (κ1) is 29.2. The van der Waals surface area contributed by atoms with Gasteiger partial charge in [0.2, 0.25) is 11.6 Å². The summed E-state index contributed by atoms with van der Waals surface area (Å²) in [5.41, 5.74) is -2.97. The van der Waals surface area contributed by atoms with Crippen LogP contribution in [0.2, 0.25) is 0 Å². The molecule has 1 aliphatic carbocycles. The van der Waals surface area contributed by atoms with Crippen molar-refractivity contribution in [2.45, 2.75) is 60.8 Å². The maximum Gasteiger partial charge on any atom is 0.426 e. The van der Waals surface area contributed by atoms with E-state index >= 15 is 0 Å². The average Bonchev–Trinajstić information content (AvgIpc) is 3.28. The van der Waals surface area contributed by atoms with Gasteiger partial charge in [0.1, 0.15) is 17.4 Å². The van der Waals surface area contributed by atoms with Crippen LogP contribution in [-0.2, 0) is 38.6 Å². The molecule has 11 heteroatoms. The highest BCUT2D eigenvalue weighted by Crippen LogP contribution is 2.51. The predicted molar refractivity (Wildman–Crippen MR) is 140 cm³/mol. The fourth-order valence-corrected chi connectivity index (χ4v) is 7.47. The van der Waals surface area contributed by atoms with Crippen molar-refractivity contribution in [1.29, 1.82) is 0 Å². The lowest BCUT2D eigenvalue weighted by atomic mass is 9.63. The van der Waals surface area contributed by atoms with Gasteiger partial charge in [-0.1, -0.05) is 30.3 Å². The summed E-state index contributed by atoms with van der Waals surface area (Å²) in [4.78, 5) is 14.8. The summed E-state index contributed by atoms with van der Waals surface area (Å²) in [5.74, 6) is -2.54. The summed E-state index contributed by atoms with van der Waals surface area (Å²) in [6.45, 7) is 0.667. The van der Waals surface area contributed by atoms with Gasteiger partial charge < -0.3 is 4.90 Å². The Bertz CT molecular complexity index is 1570. The summed E-state index contributed by atoms with van der Waals surface area (Å²) in [5, 5.41) is 0. The van der Waals surface area contributed by atoms with Crippen molar-refractivity contribution in [3.05, 3.63) is 101 Å². The van der Waals surface area contributed by atoms with Crippen molar-refractivity contribution in [1.82, 2.24) is 4.90 Å². The Balaban J connectivity index is 1.52. The normalized spacial score (nSPS) is 22.1. The molecule has 0 N–H and O–H groups in total. The minimum absolute atomic E-state index is 0.189. The number of carbonyl (C=O) groups is 1. The second-order valence-electron chi connectivity index (χ2n) is 10.9. The SMILES string of the molecule is CC(F)(c1ccc2c(c1)CC[C@H]1N(C(=O)CS(=O)(=O)c3ccc(F)cc3)CC[C@@]21Cc1ccc(F)cc1)C(F)(F)F. The highest BCUT2D eigenvalue weighted by molar-refractivity contribution is 7.92. The second-order valence-corrected chi connectivity index (χ2v) is 12.9. The number of likely N-dealkylation sites (tertiary alicyclic amines) is 1. The average molecular weight is 596 g/mol. The summed E-state index contributed by atoms with van der Waals surface area (Å²) in [6, 6.07) is 13.3. The number of hydrogen-bond acceptors (Lipinski definition) is 3. The van der Waals surface area contributed by atoms with Crippen LogP contribution in [0.15, 0.2) is 71.6 Å². The van der Waals surface area contributed by atoms with Gasteiger partial charge in [-0.25, -0.2) is 21.6 Å². The largest absolute Gasteiger partial charge is 0.426 e. The number of alkyl halides is 4. The molecule has 1 amide bonds. The van der Waals surface area contributed by atoms with Gasteiger partial charge in [0, 0.05) is 18.0 Å². The van der Waals surface area contributed by atoms with Crippen LogP contribution in [0, 0.1) is 11.6 Å². The first-order chi connectivity index (χ1) is 19.1. The molecule has 0 bridgehead atoms. The minimum Gasteiger partial charge on any atom is -0.338 e. The minimum atomic E-state index is -5.11. The fraction of sp³-hybridized carbons (Fsp3) is 0.367. The third kappa shape index (κ3) is 5.24. The maximum absolute atomic E-state index is 14.8. The summed E-state index contributed by atoms with van der Waals surface area (Å²) in [7, 11) is -4.08. The third-order valence-corrected chi connectivity index (χ3v) is 10.1. The zero-order chi connectivity index (χ0) is 29.8. The molecule has 1 fully saturated rings. The molecule has 1 saturated heterocycles. The molecule has 0 saturated carbocycles. The molecule has 3 atom stereocenters. The molecule has 3 aromatic rings. The zero-order valence-electron chi connectivity index (χ0n) is 22.0. The first-order valence-electron chi connectivity index (χ1n) is 13.1. The number of carbonyl (C=O) groups excluding carboxylic acids is 1. The number of hydrogen-bond donors (Lipinski definition) is 0. The van der Waals surface area contributed by atoms with Crippen molar-refractivity contribution in [3.63, 3.8) is 0 Å². The Hall–Kier alpha value is -3.34. The highest BCUT2D eigenvalue weighted by atomic mass is 32.2. The van der Waals surface area contributed by atoms with Gasteiger partial charge in [-0.05, 0) is 91.3 Å². The van der Waals surface area contributed by atoms with E-state index in [0.717, 1.165) is 35.9 Å². The van der Waals surface area contributed by atoms with E-state index in [0.29, 0.717) is 37.3 Å². The topological polar surface area (TPSA) is 54.5 Å². The molecule has 3 aromatic carbocycles.